The highest BCUT2D eigenvalue weighted by molar-refractivity contribution is 9.10. The van der Waals surface area contributed by atoms with E-state index in [4.69, 9.17) is 4.74 Å². The Morgan fingerprint density at radius 1 is 1.21 bits per heavy atom. The average Bonchev–Trinajstić information content (AvgIpc) is 2.49. The molecular weight excluding hydrogens is 417 g/mol. The Hall–Kier alpha value is -0.920. The summed E-state index contributed by atoms with van der Waals surface area (Å²) >= 11 is 3.43. The van der Waals surface area contributed by atoms with Gasteiger partial charge >= 0.3 is 0 Å². The molecule has 0 saturated heterocycles. The van der Waals surface area contributed by atoms with Crippen LogP contribution in [0.15, 0.2) is 28.7 Å². The Kier molecular flexibility index (Phi) is 11.2. The number of benzene rings is 1. The number of hydrogen-bond acceptors (Lipinski definition) is 4. The van der Waals surface area contributed by atoms with Gasteiger partial charge in [0, 0.05) is 42.3 Å². The zero-order valence-corrected chi connectivity index (χ0v) is 16.8. The molecule has 1 aromatic carbocycles. The molecule has 0 fully saturated rings. The molecule has 0 saturated carbocycles. The molecule has 24 heavy (non-hydrogen) atoms. The molecule has 1 heterocycles. The largest absolute Gasteiger partial charge is 0.383 e. The fourth-order valence-corrected chi connectivity index (χ4v) is 2.53. The van der Waals surface area contributed by atoms with Gasteiger partial charge in [0.05, 0.1) is 17.7 Å². The van der Waals surface area contributed by atoms with Crippen molar-refractivity contribution in [1.82, 2.24) is 15.6 Å². The smallest absolute Gasteiger partial charge is 0.252 e. The second kappa shape index (κ2) is 11.6. The molecular formula is C16H22BrCl2N3O2. The van der Waals surface area contributed by atoms with Crippen LogP contribution in [0, 0.1) is 6.92 Å². The molecule has 2 rings (SSSR count). The molecule has 134 valence electrons. The van der Waals surface area contributed by atoms with E-state index >= 15 is 0 Å². The molecule has 0 atom stereocenters. The number of hydrogen-bond donors (Lipinski definition) is 2. The van der Waals surface area contributed by atoms with E-state index in [1.807, 2.05) is 31.2 Å². The lowest BCUT2D eigenvalue weighted by Crippen LogP contribution is -2.33. The van der Waals surface area contributed by atoms with E-state index in [0.717, 1.165) is 27.6 Å². The minimum atomic E-state index is -0.0774. The van der Waals surface area contributed by atoms with Crippen molar-refractivity contribution in [3.8, 4) is 0 Å². The zero-order valence-electron chi connectivity index (χ0n) is 13.6. The summed E-state index contributed by atoms with van der Waals surface area (Å²) < 4.78 is 5.90. The third-order valence-electron chi connectivity index (χ3n) is 3.21. The van der Waals surface area contributed by atoms with Gasteiger partial charge < -0.3 is 15.4 Å². The lowest BCUT2D eigenvalue weighted by Gasteiger charge is -2.10. The minimum Gasteiger partial charge on any atom is -0.383 e. The summed E-state index contributed by atoms with van der Waals surface area (Å²) in [6.45, 7) is 4.61. The van der Waals surface area contributed by atoms with Gasteiger partial charge in [-0.15, -0.1) is 24.8 Å². The van der Waals surface area contributed by atoms with E-state index in [1.165, 1.54) is 0 Å². The van der Waals surface area contributed by atoms with Crippen LogP contribution in [-0.4, -0.2) is 44.2 Å². The first kappa shape index (κ1) is 23.1. The van der Waals surface area contributed by atoms with Crippen LogP contribution in [0.5, 0.6) is 0 Å². The van der Waals surface area contributed by atoms with E-state index < -0.39 is 0 Å². The number of fused-ring (bicyclic) bond motifs is 1. The molecule has 0 aliphatic heterocycles. The maximum absolute atomic E-state index is 12.4. The molecule has 2 N–H and O–H groups in total. The quantitative estimate of drug-likeness (QED) is 0.652. The first-order valence-electron chi connectivity index (χ1n) is 7.16. The molecule has 0 aliphatic carbocycles. The summed E-state index contributed by atoms with van der Waals surface area (Å²) in [5.41, 5.74) is 2.30. The van der Waals surface area contributed by atoms with Crippen molar-refractivity contribution in [2.24, 2.45) is 0 Å². The van der Waals surface area contributed by atoms with Crippen LogP contribution >= 0.6 is 40.7 Å². The van der Waals surface area contributed by atoms with Crippen LogP contribution in [0.25, 0.3) is 10.9 Å². The van der Waals surface area contributed by atoms with Gasteiger partial charge in [0.2, 0.25) is 0 Å². The van der Waals surface area contributed by atoms with Gasteiger partial charge in [0.1, 0.15) is 0 Å². The number of aromatic nitrogens is 1. The predicted molar refractivity (Wildman–Crippen MR) is 106 cm³/mol. The second-order valence-electron chi connectivity index (χ2n) is 4.97. The van der Waals surface area contributed by atoms with Gasteiger partial charge in [-0.1, -0.05) is 22.0 Å². The average molecular weight is 439 g/mol. The monoisotopic (exact) mass is 437 g/mol. The standard InChI is InChI=1S/C16H20BrN3O2.2ClH/c1-11-9-14(13-4-3-12(17)10-15(13)20-11)16(21)19-6-5-18-7-8-22-2;;/h3-4,9-10,18H,5-8H2,1-2H3,(H,19,21);2*1H. The van der Waals surface area contributed by atoms with Crippen LogP contribution < -0.4 is 10.6 Å². The summed E-state index contributed by atoms with van der Waals surface area (Å²) in [4.78, 5) is 16.9. The van der Waals surface area contributed by atoms with E-state index in [2.05, 4.69) is 31.5 Å². The van der Waals surface area contributed by atoms with E-state index in [9.17, 15) is 4.79 Å². The van der Waals surface area contributed by atoms with Crippen LogP contribution in [0.2, 0.25) is 0 Å². The summed E-state index contributed by atoms with van der Waals surface area (Å²) in [6, 6.07) is 7.58. The fourth-order valence-electron chi connectivity index (χ4n) is 2.18. The number of nitrogens with one attached hydrogen (secondary N) is 2. The Morgan fingerprint density at radius 3 is 2.67 bits per heavy atom. The first-order valence-corrected chi connectivity index (χ1v) is 7.96. The van der Waals surface area contributed by atoms with E-state index in [0.29, 0.717) is 25.3 Å². The maximum Gasteiger partial charge on any atom is 0.252 e. The highest BCUT2D eigenvalue weighted by atomic mass is 79.9. The highest BCUT2D eigenvalue weighted by Crippen LogP contribution is 2.22. The van der Waals surface area contributed by atoms with Crippen LogP contribution in [0.4, 0.5) is 0 Å². The van der Waals surface area contributed by atoms with Gasteiger partial charge in [0.25, 0.3) is 5.91 Å². The normalized spacial score (nSPS) is 9.96. The summed E-state index contributed by atoms with van der Waals surface area (Å²) in [7, 11) is 1.67. The van der Waals surface area contributed by atoms with Crippen molar-refractivity contribution in [2.45, 2.75) is 6.92 Å². The number of carbonyl (C=O) groups is 1. The fraction of sp³-hybridized carbons (Fsp3) is 0.375. The number of aryl methyl sites for hydroxylation is 1. The number of amides is 1. The molecule has 2 aromatic rings. The Balaban J connectivity index is 0.00000264. The van der Waals surface area contributed by atoms with Gasteiger partial charge in [0.15, 0.2) is 0 Å². The minimum absolute atomic E-state index is 0. The lowest BCUT2D eigenvalue weighted by atomic mass is 10.1. The number of rotatable bonds is 7. The molecule has 0 unspecified atom stereocenters. The van der Waals surface area contributed by atoms with Gasteiger partial charge in [-0.3, -0.25) is 9.78 Å². The Morgan fingerprint density at radius 2 is 1.96 bits per heavy atom. The van der Waals surface area contributed by atoms with Crippen molar-refractivity contribution in [2.75, 3.05) is 33.4 Å². The molecule has 1 amide bonds. The molecule has 0 radical (unpaired) electrons. The van der Waals surface area contributed by atoms with Crippen LogP contribution in [0.3, 0.4) is 0 Å². The van der Waals surface area contributed by atoms with Gasteiger partial charge in [-0.2, -0.15) is 0 Å². The van der Waals surface area contributed by atoms with Crippen LogP contribution in [0.1, 0.15) is 16.1 Å². The van der Waals surface area contributed by atoms with Crippen molar-refractivity contribution in [3.05, 3.63) is 40.0 Å². The van der Waals surface area contributed by atoms with Gasteiger partial charge in [-0.25, -0.2) is 0 Å². The Bertz CT molecular complexity index is 666. The summed E-state index contributed by atoms with van der Waals surface area (Å²) in [5, 5.41) is 6.98. The van der Waals surface area contributed by atoms with Crippen molar-refractivity contribution in [1.29, 1.82) is 0 Å². The summed E-state index contributed by atoms with van der Waals surface area (Å²) in [5.74, 6) is -0.0774. The number of methoxy groups -OCH3 is 1. The third kappa shape index (κ3) is 6.53. The summed E-state index contributed by atoms with van der Waals surface area (Å²) in [6.07, 6.45) is 0. The van der Waals surface area contributed by atoms with Crippen molar-refractivity contribution >= 4 is 57.6 Å². The molecule has 0 aliphatic rings. The highest BCUT2D eigenvalue weighted by Gasteiger charge is 2.11. The number of carbonyl (C=O) groups excluding carboxylic acids is 1. The van der Waals surface area contributed by atoms with Crippen molar-refractivity contribution < 1.29 is 9.53 Å². The second-order valence-corrected chi connectivity index (χ2v) is 5.89. The molecule has 8 heteroatoms. The van der Waals surface area contributed by atoms with Gasteiger partial charge in [-0.05, 0) is 25.1 Å². The predicted octanol–water partition coefficient (Wildman–Crippen LogP) is 3.12. The van der Waals surface area contributed by atoms with E-state index in [1.54, 1.807) is 7.11 Å². The Labute approximate surface area is 162 Å². The van der Waals surface area contributed by atoms with Crippen LogP contribution in [-0.2, 0) is 4.74 Å². The lowest BCUT2D eigenvalue weighted by molar-refractivity contribution is 0.0955. The number of ether oxygens (including phenoxy) is 1. The number of pyridine rings is 1. The number of halogens is 3. The SMILES string of the molecule is COCCNCCNC(=O)c1cc(C)nc2cc(Br)ccc12.Cl.Cl. The first-order chi connectivity index (χ1) is 10.6. The molecule has 0 bridgehead atoms. The molecule has 0 spiro atoms. The topological polar surface area (TPSA) is 63.2 Å². The number of nitrogens with zero attached hydrogens (tertiary/aromatic N) is 1. The van der Waals surface area contributed by atoms with Crippen molar-refractivity contribution in [3.63, 3.8) is 0 Å². The molecule has 5 nitrogen and oxygen atoms in total. The third-order valence-corrected chi connectivity index (χ3v) is 3.71. The zero-order chi connectivity index (χ0) is 15.9. The molecule has 1 aromatic heterocycles. The van der Waals surface area contributed by atoms with E-state index in [-0.39, 0.29) is 30.7 Å². The maximum atomic E-state index is 12.4.